The van der Waals surface area contributed by atoms with Gasteiger partial charge in [-0.25, -0.2) is 0 Å². The highest BCUT2D eigenvalue weighted by molar-refractivity contribution is 5.17. The molecule has 2 rings (SSSR count). The average Bonchev–Trinajstić information content (AvgIpc) is 2.93. The Hall–Kier alpha value is -1.72. The highest BCUT2D eigenvalue weighted by atomic mass is 16.5. The van der Waals surface area contributed by atoms with Crippen LogP contribution in [0.2, 0.25) is 0 Å². The summed E-state index contributed by atoms with van der Waals surface area (Å²) in [7, 11) is 0. The summed E-state index contributed by atoms with van der Waals surface area (Å²) < 4.78 is 5.98. The molecular formula is C39H70O4. The third-order valence-electron chi connectivity index (χ3n) is 7.98. The Labute approximate surface area is 267 Å². The van der Waals surface area contributed by atoms with Crippen LogP contribution in [0.15, 0.2) is 60.7 Å². The van der Waals surface area contributed by atoms with E-state index in [1.54, 1.807) is 0 Å². The van der Waals surface area contributed by atoms with Gasteiger partial charge in [0.05, 0.1) is 17.8 Å². The smallest absolute Gasteiger partial charge is 0.0817 e. The molecule has 0 aliphatic rings. The van der Waals surface area contributed by atoms with Crippen molar-refractivity contribution >= 4 is 0 Å². The lowest BCUT2D eigenvalue weighted by molar-refractivity contribution is -0.0505. The minimum atomic E-state index is -0.481. The molecule has 250 valence electrons. The summed E-state index contributed by atoms with van der Waals surface area (Å²) in [4.78, 5) is 0. The first-order valence-corrected chi connectivity index (χ1v) is 16.7. The summed E-state index contributed by atoms with van der Waals surface area (Å²) in [5.74, 6) is 1.99. The summed E-state index contributed by atoms with van der Waals surface area (Å²) >= 11 is 0. The third-order valence-corrected chi connectivity index (χ3v) is 7.98. The largest absolute Gasteiger partial charge is 0.396 e. The fraction of sp³-hybridized carbons (Fsp3) is 0.692. The van der Waals surface area contributed by atoms with Crippen LogP contribution in [0.3, 0.4) is 0 Å². The third kappa shape index (κ3) is 24.3. The molecule has 0 aromatic heterocycles. The van der Waals surface area contributed by atoms with Crippen LogP contribution in [0, 0.1) is 23.2 Å². The predicted molar refractivity (Wildman–Crippen MR) is 187 cm³/mol. The van der Waals surface area contributed by atoms with Gasteiger partial charge in [-0.05, 0) is 80.8 Å². The maximum atomic E-state index is 10.3. The first kappa shape index (κ1) is 43.4. The molecule has 0 radical (unpaired) electrons. The van der Waals surface area contributed by atoms with Gasteiger partial charge in [0.1, 0.15) is 0 Å². The van der Waals surface area contributed by atoms with Gasteiger partial charge in [0, 0.05) is 19.6 Å². The zero-order chi connectivity index (χ0) is 33.5. The second-order valence-corrected chi connectivity index (χ2v) is 14.0. The number of rotatable bonds is 14. The van der Waals surface area contributed by atoms with Crippen LogP contribution in [0.1, 0.15) is 132 Å². The Morgan fingerprint density at radius 2 is 1.26 bits per heavy atom. The molecule has 3 unspecified atom stereocenters. The minimum absolute atomic E-state index is 0.137. The van der Waals surface area contributed by atoms with Gasteiger partial charge in [-0.2, -0.15) is 0 Å². The van der Waals surface area contributed by atoms with E-state index < -0.39 is 6.10 Å². The normalized spacial score (nSPS) is 13.5. The summed E-state index contributed by atoms with van der Waals surface area (Å²) in [6, 6.07) is 20.2. The predicted octanol–water partition coefficient (Wildman–Crippen LogP) is 10.1. The van der Waals surface area contributed by atoms with Crippen LogP contribution in [0.5, 0.6) is 0 Å². The van der Waals surface area contributed by atoms with Crippen LogP contribution in [-0.4, -0.2) is 40.2 Å². The number of hydrogen-bond donors (Lipinski definition) is 3. The molecule has 2 aromatic rings. The molecule has 0 aliphatic carbocycles. The van der Waals surface area contributed by atoms with E-state index >= 15 is 0 Å². The van der Waals surface area contributed by atoms with Gasteiger partial charge in [0.15, 0.2) is 0 Å². The van der Waals surface area contributed by atoms with Crippen molar-refractivity contribution in [3.63, 3.8) is 0 Å². The number of aliphatic hydroxyl groups is 3. The van der Waals surface area contributed by atoms with Crippen molar-refractivity contribution in [1.82, 2.24) is 0 Å². The summed E-state index contributed by atoms with van der Waals surface area (Å²) in [6.07, 6.45) is 5.09. The number of aryl methyl sites for hydroxylation is 1. The van der Waals surface area contributed by atoms with E-state index in [4.69, 9.17) is 14.9 Å². The van der Waals surface area contributed by atoms with Crippen LogP contribution >= 0.6 is 0 Å². The van der Waals surface area contributed by atoms with Crippen LogP contribution < -0.4 is 0 Å². The maximum Gasteiger partial charge on any atom is 0.0817 e. The van der Waals surface area contributed by atoms with E-state index in [0.717, 1.165) is 31.2 Å². The standard InChI is InChI=1S/C20H26O2.2C8H18O.C3H8/c1-20(2,16-19(21)18-13-7-4-8-14-18)22-15-9-12-17-10-5-3-6-11-17;1-7(2)8(3,4)5-6-9;1-6(2)7(3)5-8(4)9;1-3-2/h3-8,10-11,13-14,19,21H,9,12,15-16H2,1-2H3;7,9H,5-6H2,1-4H3;6-9H,5H2,1-4H3;3H2,1-2H3. The Bertz CT molecular complexity index is 859. The van der Waals surface area contributed by atoms with Crippen molar-refractivity contribution in [3.05, 3.63) is 71.8 Å². The molecule has 0 fully saturated rings. The lowest BCUT2D eigenvalue weighted by Gasteiger charge is -2.28. The van der Waals surface area contributed by atoms with Crippen molar-refractivity contribution in [3.8, 4) is 0 Å². The molecule has 0 spiro atoms. The van der Waals surface area contributed by atoms with Gasteiger partial charge in [-0.1, -0.05) is 129 Å². The summed E-state index contributed by atoms with van der Waals surface area (Å²) in [5, 5.41) is 27.9. The van der Waals surface area contributed by atoms with Crippen molar-refractivity contribution in [1.29, 1.82) is 0 Å². The fourth-order valence-electron chi connectivity index (χ4n) is 3.97. The van der Waals surface area contributed by atoms with E-state index in [9.17, 15) is 5.11 Å². The topological polar surface area (TPSA) is 69.9 Å². The van der Waals surface area contributed by atoms with Gasteiger partial charge >= 0.3 is 0 Å². The first-order valence-electron chi connectivity index (χ1n) is 16.7. The second-order valence-electron chi connectivity index (χ2n) is 14.0. The Morgan fingerprint density at radius 1 is 0.767 bits per heavy atom. The number of ether oxygens (including phenoxy) is 1. The SMILES string of the molecule is CC(C)(CC(O)c1ccccc1)OCCCc1ccccc1.CC(C)C(C)(C)CCO.CC(O)CC(C)C(C)C.CCC. The Morgan fingerprint density at radius 3 is 1.63 bits per heavy atom. The highest BCUT2D eigenvalue weighted by Gasteiger charge is 2.23. The number of hydrogen-bond acceptors (Lipinski definition) is 4. The van der Waals surface area contributed by atoms with Gasteiger partial charge in [0.25, 0.3) is 0 Å². The van der Waals surface area contributed by atoms with Crippen molar-refractivity contribution in [2.45, 2.75) is 139 Å². The molecule has 0 heterocycles. The van der Waals surface area contributed by atoms with Crippen LogP contribution in [0.25, 0.3) is 0 Å². The number of benzene rings is 2. The molecule has 0 saturated heterocycles. The van der Waals surface area contributed by atoms with Gasteiger partial charge in [-0.15, -0.1) is 0 Å². The van der Waals surface area contributed by atoms with Gasteiger partial charge in [0.2, 0.25) is 0 Å². The van der Waals surface area contributed by atoms with Crippen molar-refractivity contribution in [2.24, 2.45) is 23.2 Å². The number of aliphatic hydroxyl groups excluding tert-OH is 3. The van der Waals surface area contributed by atoms with Crippen LogP contribution in [-0.2, 0) is 11.2 Å². The molecule has 2 aromatic carbocycles. The van der Waals surface area contributed by atoms with E-state index in [1.807, 2.05) is 57.2 Å². The monoisotopic (exact) mass is 603 g/mol. The Kier molecular flexibility index (Phi) is 24.8. The van der Waals surface area contributed by atoms with Crippen molar-refractivity contribution < 1.29 is 20.1 Å². The molecule has 3 atom stereocenters. The van der Waals surface area contributed by atoms with E-state index in [2.05, 4.69) is 86.6 Å². The Balaban J connectivity index is 0. The average molecular weight is 603 g/mol. The summed E-state index contributed by atoms with van der Waals surface area (Å²) in [6.45, 7) is 26.5. The minimum Gasteiger partial charge on any atom is -0.396 e. The van der Waals surface area contributed by atoms with E-state index in [0.29, 0.717) is 42.8 Å². The highest BCUT2D eigenvalue weighted by Crippen LogP contribution is 2.29. The quantitative estimate of drug-likeness (QED) is 0.188. The van der Waals surface area contributed by atoms with Gasteiger partial charge < -0.3 is 20.1 Å². The van der Waals surface area contributed by atoms with Gasteiger partial charge in [-0.3, -0.25) is 0 Å². The molecule has 0 saturated carbocycles. The zero-order valence-corrected chi connectivity index (χ0v) is 30.1. The molecule has 43 heavy (non-hydrogen) atoms. The van der Waals surface area contributed by atoms with E-state index in [1.165, 1.54) is 12.0 Å². The van der Waals surface area contributed by atoms with Crippen molar-refractivity contribution in [2.75, 3.05) is 13.2 Å². The molecular weight excluding hydrogens is 532 g/mol. The van der Waals surface area contributed by atoms with E-state index in [-0.39, 0.29) is 11.7 Å². The maximum absolute atomic E-state index is 10.3. The second kappa shape index (κ2) is 24.6. The molecule has 4 heteroatoms. The molecule has 0 bridgehead atoms. The molecule has 0 amide bonds. The lowest BCUT2D eigenvalue weighted by Crippen LogP contribution is -2.27. The molecule has 0 aliphatic heterocycles. The summed E-state index contributed by atoms with van der Waals surface area (Å²) in [5.41, 5.74) is 2.26. The molecule has 3 N–H and O–H groups in total. The zero-order valence-electron chi connectivity index (χ0n) is 30.1. The first-order chi connectivity index (χ1) is 20.0. The lowest BCUT2D eigenvalue weighted by atomic mass is 9.79. The van der Waals surface area contributed by atoms with Crippen LogP contribution in [0.4, 0.5) is 0 Å². The fourth-order valence-corrected chi connectivity index (χ4v) is 3.97. The molecule has 4 nitrogen and oxygen atoms in total.